The van der Waals surface area contributed by atoms with Crippen molar-refractivity contribution in [1.82, 2.24) is 10.2 Å². The molecule has 0 fully saturated rings. The van der Waals surface area contributed by atoms with E-state index in [9.17, 15) is 9.59 Å². The van der Waals surface area contributed by atoms with Gasteiger partial charge in [0.1, 0.15) is 0 Å². The molecule has 2 rings (SSSR count). The topological polar surface area (TPSA) is 83.0 Å². The summed E-state index contributed by atoms with van der Waals surface area (Å²) in [5, 5.41) is 15.2. The highest BCUT2D eigenvalue weighted by atomic mass is 16.4. The van der Waals surface area contributed by atoms with Crippen molar-refractivity contribution in [2.75, 3.05) is 0 Å². The van der Waals surface area contributed by atoms with Gasteiger partial charge in [-0.15, -0.1) is 0 Å². The summed E-state index contributed by atoms with van der Waals surface area (Å²) >= 11 is 0. The number of carboxylic acid groups (broad SMARTS) is 1. The van der Waals surface area contributed by atoms with Crippen molar-refractivity contribution in [2.45, 2.75) is 6.92 Å². The number of rotatable bonds is 1. The summed E-state index contributed by atoms with van der Waals surface area (Å²) in [5.41, 5.74) is 0.388. The Labute approximate surface area is 84.4 Å². The van der Waals surface area contributed by atoms with Crippen LogP contribution in [0.4, 0.5) is 0 Å². The number of nitrogens with zero attached hydrogens (tertiary/aromatic N) is 1. The number of aromatic carboxylic acids is 1. The number of carboxylic acids is 1. The standard InChI is InChI=1S/C10H8N2O3/c1-5-2-3-6-7(4-5)9(13)12-11-8(6)10(14)15/h2-4H,1H3,(H,12,13)(H,14,15). The second-order valence-electron chi connectivity index (χ2n) is 3.26. The highest BCUT2D eigenvalue weighted by Gasteiger charge is 2.12. The second-order valence-corrected chi connectivity index (χ2v) is 3.26. The molecule has 2 N–H and O–H groups in total. The zero-order valence-corrected chi connectivity index (χ0v) is 7.94. The van der Waals surface area contributed by atoms with E-state index in [2.05, 4.69) is 10.2 Å². The van der Waals surface area contributed by atoms with Crippen molar-refractivity contribution < 1.29 is 9.90 Å². The van der Waals surface area contributed by atoms with Crippen LogP contribution < -0.4 is 5.56 Å². The number of carbonyl (C=O) groups is 1. The molecule has 0 aliphatic heterocycles. The van der Waals surface area contributed by atoms with Gasteiger partial charge in [0.2, 0.25) is 0 Å². The van der Waals surface area contributed by atoms with Crippen LogP contribution in [0.1, 0.15) is 16.1 Å². The van der Waals surface area contributed by atoms with Gasteiger partial charge in [-0.25, -0.2) is 9.89 Å². The Morgan fingerprint density at radius 1 is 1.40 bits per heavy atom. The third-order valence-electron chi connectivity index (χ3n) is 2.15. The molecule has 76 valence electrons. The highest BCUT2D eigenvalue weighted by molar-refractivity contribution is 6.01. The van der Waals surface area contributed by atoms with E-state index in [1.807, 2.05) is 6.92 Å². The summed E-state index contributed by atoms with van der Waals surface area (Å²) in [6.07, 6.45) is 0. The predicted molar refractivity (Wildman–Crippen MR) is 54.1 cm³/mol. The lowest BCUT2D eigenvalue weighted by atomic mass is 10.1. The third-order valence-corrected chi connectivity index (χ3v) is 2.15. The van der Waals surface area contributed by atoms with Crippen molar-refractivity contribution in [3.05, 3.63) is 39.8 Å². The van der Waals surface area contributed by atoms with Gasteiger partial charge in [0.15, 0.2) is 5.69 Å². The summed E-state index contributed by atoms with van der Waals surface area (Å²) in [4.78, 5) is 22.2. The third kappa shape index (κ3) is 1.48. The van der Waals surface area contributed by atoms with Gasteiger partial charge in [-0.3, -0.25) is 4.79 Å². The zero-order valence-electron chi connectivity index (χ0n) is 7.94. The van der Waals surface area contributed by atoms with Crippen LogP contribution in [-0.2, 0) is 0 Å². The molecule has 0 saturated heterocycles. The number of hydrogen-bond acceptors (Lipinski definition) is 3. The molecule has 0 radical (unpaired) electrons. The van der Waals surface area contributed by atoms with Gasteiger partial charge < -0.3 is 5.11 Å². The van der Waals surface area contributed by atoms with E-state index in [1.54, 1.807) is 18.2 Å². The maximum Gasteiger partial charge on any atom is 0.356 e. The Kier molecular flexibility index (Phi) is 2.00. The Morgan fingerprint density at radius 3 is 2.80 bits per heavy atom. The molecular weight excluding hydrogens is 196 g/mol. The van der Waals surface area contributed by atoms with Crippen molar-refractivity contribution in [3.63, 3.8) is 0 Å². The first-order valence-electron chi connectivity index (χ1n) is 4.32. The number of H-pyrrole nitrogens is 1. The first-order chi connectivity index (χ1) is 7.09. The van der Waals surface area contributed by atoms with Gasteiger partial charge in [-0.05, 0) is 13.0 Å². The number of fused-ring (bicyclic) bond motifs is 1. The Morgan fingerprint density at radius 2 is 2.13 bits per heavy atom. The van der Waals surface area contributed by atoms with Crippen LogP contribution in [0.3, 0.4) is 0 Å². The molecule has 1 heterocycles. The predicted octanol–water partition coefficient (Wildman–Crippen LogP) is 0.930. The molecule has 0 unspecified atom stereocenters. The minimum atomic E-state index is -1.15. The average Bonchev–Trinajstić information content (AvgIpc) is 2.19. The first kappa shape index (κ1) is 9.39. The van der Waals surface area contributed by atoms with Crippen LogP contribution in [0, 0.1) is 6.92 Å². The quantitative estimate of drug-likeness (QED) is 0.723. The van der Waals surface area contributed by atoms with Gasteiger partial charge in [0.05, 0.1) is 5.39 Å². The highest BCUT2D eigenvalue weighted by Crippen LogP contribution is 2.14. The smallest absolute Gasteiger partial charge is 0.356 e. The molecule has 1 aromatic carbocycles. The average molecular weight is 204 g/mol. The maximum absolute atomic E-state index is 11.4. The van der Waals surface area contributed by atoms with Gasteiger partial charge in [-0.1, -0.05) is 17.7 Å². The van der Waals surface area contributed by atoms with Crippen LogP contribution >= 0.6 is 0 Å². The van der Waals surface area contributed by atoms with Crippen LogP contribution in [0.15, 0.2) is 23.0 Å². The molecule has 0 atom stereocenters. The summed E-state index contributed by atoms with van der Waals surface area (Å²) in [5.74, 6) is -1.15. The number of nitrogens with one attached hydrogen (secondary N) is 1. The number of aromatic amines is 1. The zero-order chi connectivity index (χ0) is 11.0. The Bertz CT molecular complexity index is 601. The number of aryl methyl sites for hydroxylation is 1. The summed E-state index contributed by atoms with van der Waals surface area (Å²) in [7, 11) is 0. The molecule has 0 aliphatic carbocycles. The molecule has 0 saturated carbocycles. The Balaban J connectivity index is 2.95. The number of hydrogen-bond donors (Lipinski definition) is 2. The number of benzene rings is 1. The SMILES string of the molecule is Cc1ccc2c(C(=O)O)n[nH]c(=O)c2c1. The molecule has 15 heavy (non-hydrogen) atoms. The maximum atomic E-state index is 11.4. The van der Waals surface area contributed by atoms with E-state index in [1.165, 1.54) is 0 Å². The van der Waals surface area contributed by atoms with E-state index in [4.69, 9.17) is 5.11 Å². The fourth-order valence-electron chi connectivity index (χ4n) is 1.44. The van der Waals surface area contributed by atoms with Crippen molar-refractivity contribution >= 4 is 16.7 Å². The van der Waals surface area contributed by atoms with Crippen LogP contribution in [-0.4, -0.2) is 21.3 Å². The monoisotopic (exact) mass is 204 g/mol. The van der Waals surface area contributed by atoms with E-state index >= 15 is 0 Å². The van der Waals surface area contributed by atoms with Gasteiger partial charge >= 0.3 is 5.97 Å². The van der Waals surface area contributed by atoms with Crippen LogP contribution in [0.2, 0.25) is 0 Å². The molecule has 0 amide bonds. The van der Waals surface area contributed by atoms with Gasteiger partial charge in [0, 0.05) is 5.39 Å². The largest absolute Gasteiger partial charge is 0.476 e. The molecule has 5 heteroatoms. The second kappa shape index (κ2) is 3.20. The normalized spacial score (nSPS) is 10.5. The van der Waals surface area contributed by atoms with E-state index in [0.29, 0.717) is 10.8 Å². The van der Waals surface area contributed by atoms with E-state index in [-0.39, 0.29) is 11.3 Å². The van der Waals surface area contributed by atoms with Crippen LogP contribution in [0.25, 0.3) is 10.8 Å². The summed E-state index contributed by atoms with van der Waals surface area (Å²) in [6.45, 7) is 1.83. The van der Waals surface area contributed by atoms with E-state index in [0.717, 1.165) is 5.56 Å². The van der Waals surface area contributed by atoms with E-state index < -0.39 is 5.97 Å². The lowest BCUT2D eigenvalue weighted by Crippen LogP contribution is -2.14. The lowest BCUT2D eigenvalue weighted by Gasteiger charge is -2.00. The molecule has 0 spiro atoms. The first-order valence-corrected chi connectivity index (χ1v) is 4.32. The van der Waals surface area contributed by atoms with Crippen molar-refractivity contribution in [1.29, 1.82) is 0 Å². The summed E-state index contributed by atoms with van der Waals surface area (Å²) in [6, 6.07) is 4.98. The minimum Gasteiger partial charge on any atom is -0.476 e. The van der Waals surface area contributed by atoms with Crippen LogP contribution in [0.5, 0.6) is 0 Å². The van der Waals surface area contributed by atoms with Crippen molar-refractivity contribution in [2.24, 2.45) is 0 Å². The molecule has 2 aromatic rings. The van der Waals surface area contributed by atoms with Crippen molar-refractivity contribution in [3.8, 4) is 0 Å². The van der Waals surface area contributed by atoms with Gasteiger partial charge in [-0.2, -0.15) is 5.10 Å². The number of aromatic nitrogens is 2. The molecule has 0 aliphatic rings. The molecule has 1 aromatic heterocycles. The molecular formula is C10H8N2O3. The fourth-order valence-corrected chi connectivity index (χ4v) is 1.44. The lowest BCUT2D eigenvalue weighted by molar-refractivity contribution is 0.0691. The Hall–Kier alpha value is -2.17. The van der Waals surface area contributed by atoms with Gasteiger partial charge in [0.25, 0.3) is 5.56 Å². The molecule has 0 bridgehead atoms. The minimum absolute atomic E-state index is 0.135. The summed E-state index contributed by atoms with van der Waals surface area (Å²) < 4.78 is 0. The fraction of sp³-hybridized carbons (Fsp3) is 0.100. The molecule has 5 nitrogen and oxygen atoms in total.